The summed E-state index contributed by atoms with van der Waals surface area (Å²) in [6.45, 7) is 5.19. The van der Waals surface area contributed by atoms with Gasteiger partial charge >= 0.3 is 0 Å². The van der Waals surface area contributed by atoms with Gasteiger partial charge in [-0.2, -0.15) is 0 Å². The molecule has 1 unspecified atom stereocenters. The Balaban J connectivity index is 1.94. The van der Waals surface area contributed by atoms with Crippen molar-refractivity contribution < 1.29 is 4.74 Å². The van der Waals surface area contributed by atoms with Gasteiger partial charge in [0.05, 0.1) is 0 Å². The van der Waals surface area contributed by atoms with Gasteiger partial charge in [0.2, 0.25) is 0 Å². The summed E-state index contributed by atoms with van der Waals surface area (Å²) in [5.41, 5.74) is 1.37. The third kappa shape index (κ3) is 3.06. The molecule has 1 heterocycles. The van der Waals surface area contributed by atoms with Crippen molar-refractivity contribution in [2.45, 2.75) is 39.0 Å². The SMILES string of the molecule is CCN(Cc1ccccc1)C1CCCCO1. The highest BCUT2D eigenvalue weighted by Crippen LogP contribution is 2.18. The fourth-order valence-corrected chi connectivity index (χ4v) is 2.25. The maximum atomic E-state index is 5.83. The summed E-state index contributed by atoms with van der Waals surface area (Å²) in [5.74, 6) is 0. The average molecular weight is 219 g/mol. The molecule has 1 aromatic rings. The van der Waals surface area contributed by atoms with E-state index in [2.05, 4.69) is 42.2 Å². The van der Waals surface area contributed by atoms with Gasteiger partial charge in [-0.15, -0.1) is 0 Å². The normalized spacial score (nSPS) is 21.2. The lowest BCUT2D eigenvalue weighted by molar-refractivity contribution is -0.0876. The summed E-state index contributed by atoms with van der Waals surface area (Å²) in [6, 6.07) is 10.6. The van der Waals surface area contributed by atoms with Gasteiger partial charge in [0.1, 0.15) is 6.23 Å². The second-order valence-electron chi connectivity index (χ2n) is 4.37. The largest absolute Gasteiger partial charge is 0.363 e. The molecule has 1 atom stereocenters. The molecule has 88 valence electrons. The fourth-order valence-electron chi connectivity index (χ4n) is 2.25. The second-order valence-corrected chi connectivity index (χ2v) is 4.37. The third-order valence-electron chi connectivity index (χ3n) is 3.20. The number of ether oxygens (including phenoxy) is 1. The Morgan fingerprint density at radius 2 is 2.06 bits per heavy atom. The van der Waals surface area contributed by atoms with E-state index in [1.54, 1.807) is 0 Å². The van der Waals surface area contributed by atoms with Crippen LogP contribution in [0.3, 0.4) is 0 Å². The van der Waals surface area contributed by atoms with Crippen LogP contribution in [0, 0.1) is 0 Å². The van der Waals surface area contributed by atoms with Crippen molar-refractivity contribution in [2.75, 3.05) is 13.2 Å². The molecule has 1 saturated heterocycles. The van der Waals surface area contributed by atoms with E-state index in [0.717, 1.165) is 19.7 Å². The van der Waals surface area contributed by atoms with Crippen molar-refractivity contribution in [1.29, 1.82) is 0 Å². The Labute approximate surface area is 98.2 Å². The summed E-state index contributed by atoms with van der Waals surface area (Å²) in [6.07, 6.45) is 4.04. The third-order valence-corrected chi connectivity index (χ3v) is 3.20. The van der Waals surface area contributed by atoms with Crippen molar-refractivity contribution in [3.05, 3.63) is 35.9 Å². The predicted molar refractivity (Wildman–Crippen MR) is 66.1 cm³/mol. The molecule has 1 aliphatic rings. The number of rotatable bonds is 4. The van der Waals surface area contributed by atoms with Crippen LogP contribution < -0.4 is 0 Å². The Hall–Kier alpha value is -0.860. The molecular weight excluding hydrogens is 198 g/mol. The van der Waals surface area contributed by atoms with Gasteiger partial charge in [0, 0.05) is 13.2 Å². The van der Waals surface area contributed by atoms with Crippen LogP contribution in [0.15, 0.2) is 30.3 Å². The van der Waals surface area contributed by atoms with Gasteiger partial charge in [-0.05, 0) is 31.4 Å². The summed E-state index contributed by atoms with van der Waals surface area (Å²) in [5, 5.41) is 0. The Kier molecular flexibility index (Phi) is 4.37. The summed E-state index contributed by atoms with van der Waals surface area (Å²) < 4.78 is 5.83. The van der Waals surface area contributed by atoms with Crippen LogP contribution in [0.1, 0.15) is 31.7 Å². The van der Waals surface area contributed by atoms with Gasteiger partial charge in [-0.1, -0.05) is 37.3 Å². The minimum Gasteiger partial charge on any atom is -0.363 e. The lowest BCUT2D eigenvalue weighted by Crippen LogP contribution is -2.38. The molecule has 0 saturated carbocycles. The van der Waals surface area contributed by atoms with E-state index in [9.17, 15) is 0 Å². The molecule has 0 amide bonds. The van der Waals surface area contributed by atoms with Crippen LogP contribution in [0.4, 0.5) is 0 Å². The fraction of sp³-hybridized carbons (Fsp3) is 0.571. The van der Waals surface area contributed by atoms with Crippen LogP contribution >= 0.6 is 0 Å². The lowest BCUT2D eigenvalue weighted by Gasteiger charge is -2.33. The first-order valence-electron chi connectivity index (χ1n) is 6.29. The Morgan fingerprint density at radius 1 is 1.25 bits per heavy atom. The van der Waals surface area contributed by atoms with Crippen molar-refractivity contribution in [2.24, 2.45) is 0 Å². The molecule has 2 heteroatoms. The monoisotopic (exact) mass is 219 g/mol. The van der Waals surface area contributed by atoms with Gasteiger partial charge in [-0.3, -0.25) is 4.90 Å². The van der Waals surface area contributed by atoms with Gasteiger partial charge in [0.15, 0.2) is 0 Å². The van der Waals surface area contributed by atoms with Crippen LogP contribution in [0.25, 0.3) is 0 Å². The lowest BCUT2D eigenvalue weighted by atomic mass is 10.1. The molecule has 0 spiro atoms. The molecule has 0 aliphatic carbocycles. The number of hydrogen-bond acceptors (Lipinski definition) is 2. The zero-order valence-corrected chi connectivity index (χ0v) is 10.1. The van der Waals surface area contributed by atoms with E-state index in [1.165, 1.54) is 24.8 Å². The highest BCUT2D eigenvalue weighted by Gasteiger charge is 2.20. The molecule has 0 N–H and O–H groups in total. The Bertz CT molecular complexity index is 293. The molecule has 1 aromatic carbocycles. The molecule has 1 aliphatic heterocycles. The minimum atomic E-state index is 0.332. The van der Waals surface area contributed by atoms with E-state index in [0.29, 0.717) is 6.23 Å². The quantitative estimate of drug-likeness (QED) is 0.771. The highest BCUT2D eigenvalue weighted by atomic mass is 16.5. The van der Waals surface area contributed by atoms with Crippen LogP contribution in [0.2, 0.25) is 0 Å². The van der Waals surface area contributed by atoms with Gasteiger partial charge in [0.25, 0.3) is 0 Å². The predicted octanol–water partition coefficient (Wildman–Crippen LogP) is 3.04. The minimum absolute atomic E-state index is 0.332. The molecular formula is C14H21NO. The van der Waals surface area contributed by atoms with Crippen molar-refractivity contribution in [3.8, 4) is 0 Å². The van der Waals surface area contributed by atoms with E-state index >= 15 is 0 Å². The molecule has 1 fully saturated rings. The highest BCUT2D eigenvalue weighted by molar-refractivity contribution is 5.14. The first kappa shape index (κ1) is 11.6. The maximum Gasteiger partial charge on any atom is 0.110 e. The summed E-state index contributed by atoms with van der Waals surface area (Å²) >= 11 is 0. The van der Waals surface area contributed by atoms with Crippen LogP contribution in [-0.2, 0) is 11.3 Å². The standard InChI is InChI=1S/C14H21NO/c1-2-15(14-10-6-7-11-16-14)12-13-8-4-3-5-9-13/h3-5,8-9,14H,2,6-7,10-12H2,1H3. The Morgan fingerprint density at radius 3 is 2.69 bits per heavy atom. The molecule has 0 bridgehead atoms. The van der Waals surface area contributed by atoms with Crippen molar-refractivity contribution in [3.63, 3.8) is 0 Å². The van der Waals surface area contributed by atoms with E-state index in [-0.39, 0.29) is 0 Å². The van der Waals surface area contributed by atoms with Gasteiger partial charge < -0.3 is 4.74 Å². The van der Waals surface area contributed by atoms with Crippen LogP contribution in [0.5, 0.6) is 0 Å². The summed E-state index contributed by atoms with van der Waals surface area (Å²) in [7, 11) is 0. The molecule has 0 aromatic heterocycles. The second kappa shape index (κ2) is 6.02. The van der Waals surface area contributed by atoms with Crippen LogP contribution in [-0.4, -0.2) is 24.3 Å². The first-order valence-corrected chi connectivity index (χ1v) is 6.29. The number of hydrogen-bond donors (Lipinski definition) is 0. The first-order chi connectivity index (χ1) is 7.90. The molecule has 16 heavy (non-hydrogen) atoms. The van der Waals surface area contributed by atoms with E-state index in [4.69, 9.17) is 4.74 Å². The maximum absolute atomic E-state index is 5.83. The zero-order valence-electron chi connectivity index (χ0n) is 10.1. The average Bonchev–Trinajstić information content (AvgIpc) is 2.38. The topological polar surface area (TPSA) is 12.5 Å². The number of benzene rings is 1. The zero-order chi connectivity index (χ0) is 11.2. The van der Waals surface area contributed by atoms with Crippen molar-refractivity contribution >= 4 is 0 Å². The van der Waals surface area contributed by atoms with E-state index in [1.807, 2.05) is 0 Å². The molecule has 0 radical (unpaired) electrons. The van der Waals surface area contributed by atoms with Crippen molar-refractivity contribution in [1.82, 2.24) is 4.90 Å². The summed E-state index contributed by atoms with van der Waals surface area (Å²) in [4.78, 5) is 2.43. The number of nitrogens with zero attached hydrogens (tertiary/aromatic N) is 1. The van der Waals surface area contributed by atoms with E-state index < -0.39 is 0 Å². The smallest absolute Gasteiger partial charge is 0.110 e. The molecule has 2 rings (SSSR count). The van der Waals surface area contributed by atoms with Gasteiger partial charge in [-0.25, -0.2) is 0 Å². The molecule has 2 nitrogen and oxygen atoms in total.